The Hall–Kier alpha value is -2.30. The van der Waals surface area contributed by atoms with Gasteiger partial charge in [-0.1, -0.05) is 12.1 Å². The molecule has 1 aliphatic heterocycles. The molecule has 0 saturated carbocycles. The molecule has 0 radical (unpaired) electrons. The van der Waals surface area contributed by atoms with Crippen LogP contribution in [0.25, 0.3) is 0 Å². The van der Waals surface area contributed by atoms with Gasteiger partial charge in [0.25, 0.3) is 0 Å². The van der Waals surface area contributed by atoms with E-state index in [1.807, 2.05) is 0 Å². The summed E-state index contributed by atoms with van der Waals surface area (Å²) in [7, 11) is 0. The number of benzene rings is 1. The van der Waals surface area contributed by atoms with Gasteiger partial charge in [-0.25, -0.2) is 4.79 Å². The number of carboxylic acid groups (broad SMARTS) is 1. The SMILES string of the molecule is Nc1ccccc1N1C=C(C(=O)O)CC1=O. The number of nitrogen functional groups attached to an aromatic ring is 1. The van der Waals surface area contributed by atoms with Crippen LogP contribution in [0.4, 0.5) is 11.4 Å². The van der Waals surface area contributed by atoms with Gasteiger partial charge < -0.3 is 10.8 Å². The Kier molecular flexibility index (Phi) is 2.36. The number of carboxylic acids is 1. The monoisotopic (exact) mass is 218 g/mol. The Morgan fingerprint density at radius 2 is 2.06 bits per heavy atom. The second-order valence-corrected chi connectivity index (χ2v) is 3.46. The normalized spacial score (nSPS) is 15.1. The van der Waals surface area contributed by atoms with Crippen molar-refractivity contribution in [3.05, 3.63) is 36.0 Å². The van der Waals surface area contributed by atoms with Crippen molar-refractivity contribution in [1.29, 1.82) is 0 Å². The molecule has 0 spiro atoms. The third-order valence-electron chi connectivity index (χ3n) is 2.37. The van der Waals surface area contributed by atoms with E-state index in [9.17, 15) is 9.59 Å². The molecule has 1 aliphatic rings. The number of hydrogen-bond acceptors (Lipinski definition) is 3. The van der Waals surface area contributed by atoms with Gasteiger partial charge in [-0.05, 0) is 12.1 Å². The topological polar surface area (TPSA) is 83.6 Å². The van der Waals surface area contributed by atoms with Gasteiger partial charge in [0, 0.05) is 6.20 Å². The van der Waals surface area contributed by atoms with Crippen molar-refractivity contribution in [1.82, 2.24) is 0 Å². The minimum Gasteiger partial charge on any atom is -0.478 e. The predicted octanol–water partition coefficient (Wildman–Crippen LogP) is 0.974. The molecule has 3 N–H and O–H groups in total. The van der Waals surface area contributed by atoms with Crippen molar-refractivity contribution in [2.75, 3.05) is 10.6 Å². The van der Waals surface area contributed by atoms with E-state index in [-0.39, 0.29) is 17.9 Å². The minimum atomic E-state index is -1.08. The highest BCUT2D eigenvalue weighted by Gasteiger charge is 2.27. The molecule has 0 saturated heterocycles. The van der Waals surface area contributed by atoms with Crippen LogP contribution in [0.3, 0.4) is 0 Å². The third kappa shape index (κ3) is 1.63. The predicted molar refractivity (Wildman–Crippen MR) is 58.7 cm³/mol. The molecule has 0 aromatic heterocycles. The Morgan fingerprint density at radius 1 is 1.38 bits per heavy atom. The molecule has 5 nitrogen and oxygen atoms in total. The zero-order valence-electron chi connectivity index (χ0n) is 8.38. The standard InChI is InChI=1S/C11H10N2O3/c12-8-3-1-2-4-9(8)13-6-7(11(15)16)5-10(13)14/h1-4,6H,5,12H2,(H,15,16). The molecule has 1 amide bonds. The summed E-state index contributed by atoms with van der Waals surface area (Å²) in [5, 5.41) is 8.79. The number of aliphatic carboxylic acids is 1. The van der Waals surface area contributed by atoms with Crippen molar-refractivity contribution in [2.45, 2.75) is 6.42 Å². The average molecular weight is 218 g/mol. The molecule has 16 heavy (non-hydrogen) atoms. The lowest BCUT2D eigenvalue weighted by atomic mass is 10.2. The first-order valence-electron chi connectivity index (χ1n) is 4.70. The molecule has 0 aliphatic carbocycles. The van der Waals surface area contributed by atoms with Crippen LogP contribution >= 0.6 is 0 Å². The highest BCUT2D eigenvalue weighted by atomic mass is 16.4. The molecule has 2 rings (SSSR count). The first-order valence-corrected chi connectivity index (χ1v) is 4.70. The summed E-state index contributed by atoms with van der Waals surface area (Å²) in [6.45, 7) is 0. The van der Waals surface area contributed by atoms with Crippen molar-refractivity contribution in [3.63, 3.8) is 0 Å². The second-order valence-electron chi connectivity index (χ2n) is 3.46. The van der Waals surface area contributed by atoms with Crippen LogP contribution in [-0.4, -0.2) is 17.0 Å². The number of anilines is 2. The number of carbonyl (C=O) groups excluding carboxylic acids is 1. The quantitative estimate of drug-likeness (QED) is 0.724. The summed E-state index contributed by atoms with van der Waals surface area (Å²) in [4.78, 5) is 23.6. The van der Waals surface area contributed by atoms with E-state index in [0.717, 1.165) is 0 Å². The maximum Gasteiger partial charge on any atom is 0.333 e. The van der Waals surface area contributed by atoms with E-state index in [1.54, 1.807) is 24.3 Å². The van der Waals surface area contributed by atoms with E-state index in [4.69, 9.17) is 10.8 Å². The summed E-state index contributed by atoms with van der Waals surface area (Å²) in [6, 6.07) is 6.83. The summed E-state index contributed by atoms with van der Waals surface area (Å²) in [5.74, 6) is -1.36. The van der Waals surface area contributed by atoms with Crippen LogP contribution in [0, 0.1) is 0 Å². The molecule has 0 fully saturated rings. The fourth-order valence-corrected chi connectivity index (χ4v) is 1.56. The first kappa shape index (κ1) is 10.2. The van der Waals surface area contributed by atoms with E-state index >= 15 is 0 Å². The Balaban J connectivity index is 2.39. The molecule has 0 bridgehead atoms. The van der Waals surface area contributed by atoms with Crippen LogP contribution in [0.5, 0.6) is 0 Å². The second kappa shape index (κ2) is 3.69. The summed E-state index contributed by atoms with van der Waals surface area (Å²) < 4.78 is 0. The maximum absolute atomic E-state index is 11.6. The molecule has 5 heteroatoms. The number of hydrogen-bond donors (Lipinski definition) is 2. The molecule has 0 atom stereocenters. The van der Waals surface area contributed by atoms with Gasteiger partial charge in [0.2, 0.25) is 5.91 Å². The van der Waals surface area contributed by atoms with Crippen molar-refractivity contribution in [2.24, 2.45) is 0 Å². The lowest BCUT2D eigenvalue weighted by molar-refractivity contribution is -0.133. The van der Waals surface area contributed by atoms with Crippen LogP contribution < -0.4 is 10.6 Å². The van der Waals surface area contributed by atoms with Gasteiger partial charge in [0.15, 0.2) is 0 Å². The molecular formula is C11H10N2O3. The summed E-state index contributed by atoms with van der Waals surface area (Å²) in [6.07, 6.45) is 1.22. The maximum atomic E-state index is 11.6. The molecule has 1 aromatic carbocycles. The molecule has 1 aromatic rings. The minimum absolute atomic E-state index is 0.0771. The third-order valence-corrected chi connectivity index (χ3v) is 2.37. The molecule has 0 unspecified atom stereocenters. The van der Waals surface area contributed by atoms with Gasteiger partial charge in [0.05, 0.1) is 23.4 Å². The zero-order valence-corrected chi connectivity index (χ0v) is 8.38. The highest BCUT2D eigenvalue weighted by Crippen LogP contribution is 2.28. The number of amides is 1. The lowest BCUT2D eigenvalue weighted by Crippen LogP contribution is -2.20. The average Bonchev–Trinajstić information content (AvgIpc) is 2.61. The largest absolute Gasteiger partial charge is 0.478 e. The Labute approximate surface area is 91.8 Å². The fraction of sp³-hybridized carbons (Fsp3) is 0.0909. The number of nitrogens with two attached hydrogens (primary N) is 1. The van der Waals surface area contributed by atoms with Gasteiger partial charge in [-0.15, -0.1) is 0 Å². The van der Waals surface area contributed by atoms with Gasteiger partial charge in [-0.3, -0.25) is 9.69 Å². The molecular weight excluding hydrogens is 208 g/mol. The zero-order chi connectivity index (χ0) is 11.7. The van der Waals surface area contributed by atoms with E-state index in [0.29, 0.717) is 11.4 Å². The summed E-state index contributed by atoms with van der Waals surface area (Å²) >= 11 is 0. The van der Waals surface area contributed by atoms with E-state index in [2.05, 4.69) is 0 Å². The first-order chi connectivity index (χ1) is 7.59. The van der Waals surface area contributed by atoms with Crippen molar-refractivity contribution >= 4 is 23.3 Å². The summed E-state index contributed by atoms with van der Waals surface area (Å²) in [5.41, 5.74) is 6.75. The van der Waals surface area contributed by atoms with Crippen LogP contribution in [0.15, 0.2) is 36.0 Å². The number of rotatable bonds is 2. The Morgan fingerprint density at radius 3 is 2.62 bits per heavy atom. The van der Waals surface area contributed by atoms with Crippen molar-refractivity contribution < 1.29 is 14.7 Å². The van der Waals surface area contributed by atoms with E-state index < -0.39 is 5.97 Å². The van der Waals surface area contributed by atoms with E-state index in [1.165, 1.54) is 11.1 Å². The van der Waals surface area contributed by atoms with Gasteiger partial charge in [-0.2, -0.15) is 0 Å². The van der Waals surface area contributed by atoms with Crippen LogP contribution in [0.1, 0.15) is 6.42 Å². The smallest absolute Gasteiger partial charge is 0.333 e. The van der Waals surface area contributed by atoms with Gasteiger partial charge >= 0.3 is 5.97 Å². The van der Waals surface area contributed by atoms with Crippen LogP contribution in [-0.2, 0) is 9.59 Å². The number of nitrogens with zero attached hydrogens (tertiary/aromatic N) is 1. The highest BCUT2D eigenvalue weighted by molar-refractivity contribution is 6.08. The molecule has 82 valence electrons. The lowest BCUT2D eigenvalue weighted by Gasteiger charge is -2.15. The Bertz CT molecular complexity index is 494. The number of para-hydroxylation sites is 2. The van der Waals surface area contributed by atoms with Crippen LogP contribution in [0.2, 0.25) is 0 Å². The fourth-order valence-electron chi connectivity index (χ4n) is 1.56. The van der Waals surface area contributed by atoms with Crippen molar-refractivity contribution in [3.8, 4) is 0 Å². The number of carbonyl (C=O) groups is 2. The van der Waals surface area contributed by atoms with Gasteiger partial charge in [0.1, 0.15) is 0 Å². The molecule has 1 heterocycles.